The van der Waals surface area contributed by atoms with E-state index in [1.807, 2.05) is 0 Å². The summed E-state index contributed by atoms with van der Waals surface area (Å²) < 4.78 is 15.6. The van der Waals surface area contributed by atoms with Gasteiger partial charge >= 0.3 is 12.0 Å². The molecular weight excluding hydrogens is 300 g/mol. The molecule has 0 saturated heterocycles. The Kier molecular flexibility index (Phi) is 5.10. The van der Waals surface area contributed by atoms with E-state index >= 15 is 0 Å². The van der Waals surface area contributed by atoms with E-state index in [9.17, 15) is 9.59 Å². The Morgan fingerprint density at radius 2 is 2.00 bits per heavy atom. The first-order valence-electron chi connectivity index (χ1n) is 7.19. The molecule has 1 aromatic carbocycles. The van der Waals surface area contributed by atoms with Gasteiger partial charge in [0, 0.05) is 5.56 Å². The van der Waals surface area contributed by atoms with E-state index in [-0.39, 0.29) is 12.3 Å². The minimum absolute atomic E-state index is 0.144. The summed E-state index contributed by atoms with van der Waals surface area (Å²) >= 11 is 0. The normalized spacial score (nSPS) is 17.2. The first-order valence-corrected chi connectivity index (χ1v) is 7.19. The molecule has 124 valence electrons. The molecule has 0 aromatic heterocycles. The number of carbonyl (C=O) groups is 2. The fourth-order valence-corrected chi connectivity index (χ4v) is 2.42. The number of rotatable bonds is 5. The van der Waals surface area contributed by atoms with Crippen LogP contribution >= 0.6 is 0 Å². The number of carbonyl (C=O) groups excluding carboxylic acids is 2. The zero-order chi connectivity index (χ0) is 17.0. The summed E-state index contributed by atoms with van der Waals surface area (Å²) in [6, 6.07) is 4.28. The van der Waals surface area contributed by atoms with Crippen LogP contribution < -0.4 is 20.1 Å². The lowest BCUT2D eigenvalue weighted by Gasteiger charge is -2.29. The second-order valence-electron chi connectivity index (χ2n) is 4.92. The molecule has 7 nitrogen and oxygen atoms in total. The topological polar surface area (TPSA) is 85.9 Å². The Bertz CT molecular complexity index is 654. The maximum absolute atomic E-state index is 12.0. The Hall–Kier alpha value is -2.70. The summed E-state index contributed by atoms with van der Waals surface area (Å²) in [7, 11) is 3.10. The van der Waals surface area contributed by atoms with Gasteiger partial charge in [-0.3, -0.25) is 0 Å². The fourth-order valence-electron chi connectivity index (χ4n) is 2.42. The van der Waals surface area contributed by atoms with Crippen LogP contribution in [0.4, 0.5) is 4.79 Å². The molecule has 1 aromatic rings. The average molecular weight is 320 g/mol. The molecule has 0 spiro atoms. The van der Waals surface area contributed by atoms with Crippen LogP contribution in [0.25, 0.3) is 0 Å². The van der Waals surface area contributed by atoms with Crippen LogP contribution in [-0.2, 0) is 9.53 Å². The van der Waals surface area contributed by atoms with E-state index in [0.717, 1.165) is 0 Å². The molecule has 1 atom stereocenters. The van der Waals surface area contributed by atoms with E-state index in [1.54, 1.807) is 46.3 Å². The third kappa shape index (κ3) is 3.39. The summed E-state index contributed by atoms with van der Waals surface area (Å²) in [6.45, 7) is 3.69. The van der Waals surface area contributed by atoms with Crippen LogP contribution in [0, 0.1) is 0 Å². The molecule has 0 radical (unpaired) electrons. The third-order valence-corrected chi connectivity index (χ3v) is 3.57. The van der Waals surface area contributed by atoms with Crippen molar-refractivity contribution in [1.29, 1.82) is 0 Å². The molecule has 1 heterocycles. The van der Waals surface area contributed by atoms with Crippen molar-refractivity contribution in [1.82, 2.24) is 10.6 Å². The Balaban J connectivity index is 2.50. The largest absolute Gasteiger partial charge is 0.497 e. The number of amides is 2. The molecule has 0 bridgehead atoms. The molecule has 2 rings (SSSR count). The van der Waals surface area contributed by atoms with Crippen molar-refractivity contribution in [2.75, 3.05) is 20.8 Å². The van der Waals surface area contributed by atoms with Crippen LogP contribution in [0.2, 0.25) is 0 Å². The Morgan fingerprint density at radius 1 is 1.26 bits per heavy atom. The van der Waals surface area contributed by atoms with Crippen LogP contribution in [0.3, 0.4) is 0 Å². The van der Waals surface area contributed by atoms with Gasteiger partial charge in [0.2, 0.25) is 0 Å². The van der Waals surface area contributed by atoms with Crippen LogP contribution in [0.5, 0.6) is 11.5 Å². The van der Waals surface area contributed by atoms with E-state index in [2.05, 4.69) is 10.6 Å². The van der Waals surface area contributed by atoms with Gasteiger partial charge in [0.25, 0.3) is 0 Å². The zero-order valence-electron chi connectivity index (χ0n) is 13.6. The third-order valence-electron chi connectivity index (χ3n) is 3.57. The van der Waals surface area contributed by atoms with Gasteiger partial charge in [-0.15, -0.1) is 0 Å². The SMILES string of the molecule is CCOC(=O)C1=C(C)C(c2cc(OC)ccc2OC)NC(=O)N1. The van der Waals surface area contributed by atoms with Crippen molar-refractivity contribution in [2.45, 2.75) is 19.9 Å². The summed E-state index contributed by atoms with van der Waals surface area (Å²) in [5.41, 5.74) is 1.47. The van der Waals surface area contributed by atoms with Crippen molar-refractivity contribution >= 4 is 12.0 Å². The van der Waals surface area contributed by atoms with Gasteiger partial charge in [-0.1, -0.05) is 0 Å². The second kappa shape index (κ2) is 7.04. The minimum atomic E-state index is -0.563. The number of hydrogen-bond donors (Lipinski definition) is 2. The van der Waals surface area contributed by atoms with Gasteiger partial charge in [-0.25, -0.2) is 9.59 Å². The van der Waals surface area contributed by atoms with Gasteiger partial charge in [-0.05, 0) is 37.6 Å². The van der Waals surface area contributed by atoms with E-state index in [4.69, 9.17) is 14.2 Å². The smallest absolute Gasteiger partial charge is 0.354 e. The predicted molar refractivity (Wildman–Crippen MR) is 83.3 cm³/mol. The van der Waals surface area contributed by atoms with E-state index < -0.39 is 18.0 Å². The molecule has 0 fully saturated rings. The summed E-state index contributed by atoms with van der Waals surface area (Å²) in [6.07, 6.45) is 0. The lowest BCUT2D eigenvalue weighted by Crippen LogP contribution is -2.45. The van der Waals surface area contributed by atoms with Crippen molar-refractivity contribution in [3.8, 4) is 11.5 Å². The number of urea groups is 1. The summed E-state index contributed by atoms with van der Waals surface area (Å²) in [4.78, 5) is 24.0. The van der Waals surface area contributed by atoms with Crippen molar-refractivity contribution in [3.63, 3.8) is 0 Å². The number of hydrogen-bond acceptors (Lipinski definition) is 5. The number of nitrogens with one attached hydrogen (secondary N) is 2. The highest BCUT2D eigenvalue weighted by Gasteiger charge is 2.31. The van der Waals surface area contributed by atoms with Crippen LogP contribution in [0.1, 0.15) is 25.5 Å². The standard InChI is InChI=1S/C16H20N2O5/c1-5-23-15(19)14-9(2)13(17-16(20)18-14)11-8-10(21-3)6-7-12(11)22-4/h6-8,13H,5H2,1-4H3,(H2,17,18,20). The van der Waals surface area contributed by atoms with Crippen molar-refractivity contribution in [3.05, 3.63) is 35.0 Å². The van der Waals surface area contributed by atoms with Gasteiger partial charge in [0.05, 0.1) is 26.9 Å². The maximum Gasteiger partial charge on any atom is 0.354 e. The molecule has 1 aliphatic rings. The molecule has 1 unspecified atom stereocenters. The maximum atomic E-state index is 12.0. The highest BCUT2D eigenvalue weighted by atomic mass is 16.5. The van der Waals surface area contributed by atoms with Gasteiger partial charge < -0.3 is 24.8 Å². The van der Waals surface area contributed by atoms with Crippen LogP contribution in [0.15, 0.2) is 29.5 Å². The average Bonchev–Trinajstić information content (AvgIpc) is 2.56. The second-order valence-corrected chi connectivity index (χ2v) is 4.92. The molecule has 23 heavy (non-hydrogen) atoms. The molecule has 7 heteroatoms. The molecular formula is C16H20N2O5. The van der Waals surface area contributed by atoms with Crippen molar-refractivity contribution < 1.29 is 23.8 Å². The number of benzene rings is 1. The molecule has 0 saturated carbocycles. The predicted octanol–water partition coefficient (Wildman–Crippen LogP) is 1.89. The lowest BCUT2D eigenvalue weighted by atomic mass is 9.95. The number of methoxy groups -OCH3 is 2. The highest BCUT2D eigenvalue weighted by Crippen LogP contribution is 2.35. The first kappa shape index (κ1) is 16.7. The molecule has 1 aliphatic heterocycles. The van der Waals surface area contributed by atoms with Gasteiger partial charge in [0.15, 0.2) is 0 Å². The fraction of sp³-hybridized carbons (Fsp3) is 0.375. The molecule has 2 amide bonds. The summed E-state index contributed by atoms with van der Waals surface area (Å²) in [5, 5.41) is 5.28. The quantitative estimate of drug-likeness (QED) is 0.809. The van der Waals surface area contributed by atoms with E-state index in [1.165, 1.54) is 0 Å². The Morgan fingerprint density at radius 3 is 2.61 bits per heavy atom. The number of esters is 1. The van der Waals surface area contributed by atoms with E-state index in [0.29, 0.717) is 22.6 Å². The highest BCUT2D eigenvalue weighted by molar-refractivity contribution is 5.96. The lowest BCUT2D eigenvalue weighted by molar-refractivity contribution is -0.139. The molecule has 0 aliphatic carbocycles. The monoisotopic (exact) mass is 320 g/mol. The Labute approximate surface area is 134 Å². The minimum Gasteiger partial charge on any atom is -0.497 e. The van der Waals surface area contributed by atoms with Gasteiger partial charge in [-0.2, -0.15) is 0 Å². The van der Waals surface area contributed by atoms with Gasteiger partial charge in [0.1, 0.15) is 17.2 Å². The van der Waals surface area contributed by atoms with Crippen LogP contribution in [-0.4, -0.2) is 32.8 Å². The molecule has 2 N–H and O–H groups in total. The summed E-state index contributed by atoms with van der Waals surface area (Å²) in [5.74, 6) is 0.645. The zero-order valence-corrected chi connectivity index (χ0v) is 13.6. The van der Waals surface area contributed by atoms with Crippen molar-refractivity contribution in [2.24, 2.45) is 0 Å². The first-order chi connectivity index (χ1) is 11.0. The number of ether oxygens (including phenoxy) is 3.